The number of furan rings is 1. The zero-order valence-corrected chi connectivity index (χ0v) is 26.3. The fraction of sp³-hybridized carbons (Fsp3) is 0. The van der Waals surface area contributed by atoms with Crippen molar-refractivity contribution in [1.29, 1.82) is 0 Å². The highest BCUT2D eigenvalue weighted by molar-refractivity contribution is 6.11. The number of nitrogens with zero attached hydrogens (tertiary/aromatic N) is 4. The number of rotatable bonds is 5. The molecule has 0 spiro atoms. The summed E-state index contributed by atoms with van der Waals surface area (Å²) in [6, 6.07) is 37.6. The van der Waals surface area contributed by atoms with Crippen LogP contribution in [0.15, 0.2) is 174 Å². The van der Waals surface area contributed by atoms with Crippen molar-refractivity contribution in [3.8, 4) is 51.0 Å². The van der Waals surface area contributed by atoms with E-state index < -0.39 is 12.1 Å². The Balaban J connectivity index is 1.27. The molecule has 0 aliphatic carbocycles. The van der Waals surface area contributed by atoms with Gasteiger partial charge in [0.25, 0.3) is 0 Å². The molecule has 0 aliphatic heterocycles. The minimum Gasteiger partial charge on any atom is -0.456 e. The van der Waals surface area contributed by atoms with Crippen LogP contribution >= 0.6 is 0 Å². The summed E-state index contributed by atoms with van der Waals surface area (Å²) in [5.41, 5.74) is 5.22. The van der Waals surface area contributed by atoms with Gasteiger partial charge in [0.05, 0.1) is 20.6 Å². The van der Waals surface area contributed by atoms with Crippen LogP contribution in [-0.2, 0) is 0 Å². The largest absolute Gasteiger partial charge is 0.456 e. The first-order valence-electron chi connectivity index (χ1n) is 19.6. The predicted octanol–water partition coefficient (Wildman–Crippen LogP) is 11.5. The van der Waals surface area contributed by atoms with Crippen LogP contribution in [0.4, 0.5) is 0 Å². The molecule has 0 N–H and O–H groups in total. The molecular formula is C45H28N4O. The summed E-state index contributed by atoms with van der Waals surface area (Å²) >= 11 is 0. The molecule has 234 valence electrons. The number of hydrogen-bond donors (Lipinski definition) is 0. The van der Waals surface area contributed by atoms with Gasteiger partial charge >= 0.3 is 0 Å². The van der Waals surface area contributed by atoms with Crippen molar-refractivity contribution < 1.29 is 14.0 Å². The summed E-state index contributed by atoms with van der Waals surface area (Å²) in [7, 11) is 0. The summed E-state index contributed by atoms with van der Waals surface area (Å²) < 4.78 is 71.7. The van der Waals surface area contributed by atoms with Gasteiger partial charge in [0.1, 0.15) is 11.2 Å². The smallest absolute Gasteiger partial charge is 0.164 e. The highest BCUT2D eigenvalue weighted by atomic mass is 16.3. The lowest BCUT2D eigenvalue weighted by Gasteiger charge is -2.11. The van der Waals surface area contributed by atoms with Crippen molar-refractivity contribution >= 4 is 43.7 Å². The Morgan fingerprint density at radius 1 is 0.440 bits per heavy atom. The van der Waals surface area contributed by atoms with Gasteiger partial charge in [-0.3, -0.25) is 0 Å². The zero-order chi connectivity index (χ0) is 39.1. The Hall–Kier alpha value is -6.85. The van der Waals surface area contributed by atoms with Crippen molar-refractivity contribution in [1.82, 2.24) is 19.5 Å². The summed E-state index contributed by atoms with van der Waals surface area (Å²) in [4.78, 5) is 14.5. The zero-order valence-electron chi connectivity index (χ0n) is 33.3. The molecule has 10 aromatic rings. The lowest BCUT2D eigenvalue weighted by atomic mass is 10.0. The Morgan fingerprint density at radius 3 is 1.80 bits per heavy atom. The molecule has 0 fully saturated rings. The van der Waals surface area contributed by atoms with E-state index in [2.05, 4.69) is 0 Å². The van der Waals surface area contributed by atoms with E-state index in [-0.39, 0.29) is 63.4 Å². The molecule has 0 bridgehead atoms. The van der Waals surface area contributed by atoms with Crippen LogP contribution in [-0.4, -0.2) is 19.5 Å². The Morgan fingerprint density at radius 2 is 1.02 bits per heavy atom. The molecule has 50 heavy (non-hydrogen) atoms. The summed E-state index contributed by atoms with van der Waals surface area (Å²) in [5, 5.41) is 1.85. The first-order valence-corrected chi connectivity index (χ1v) is 16.1. The quantitative estimate of drug-likeness (QED) is 0.186. The maximum absolute atomic E-state index is 9.85. The molecule has 0 atom stereocenters. The van der Waals surface area contributed by atoms with Crippen molar-refractivity contribution in [2.75, 3.05) is 0 Å². The summed E-state index contributed by atoms with van der Waals surface area (Å²) in [5.74, 6) is 0.614. The van der Waals surface area contributed by atoms with E-state index in [9.17, 15) is 4.11 Å². The van der Waals surface area contributed by atoms with Crippen LogP contribution in [0.3, 0.4) is 0 Å². The fourth-order valence-corrected chi connectivity index (χ4v) is 6.51. The Kier molecular flexibility index (Phi) is 4.99. The second kappa shape index (κ2) is 11.4. The molecule has 3 heterocycles. The van der Waals surface area contributed by atoms with Crippen LogP contribution < -0.4 is 0 Å². The van der Waals surface area contributed by atoms with Crippen molar-refractivity contribution in [3.05, 3.63) is 170 Å². The molecule has 0 amide bonds. The molecule has 10 rings (SSSR count). The number of benzene rings is 7. The van der Waals surface area contributed by atoms with Gasteiger partial charge in [-0.2, -0.15) is 0 Å². The van der Waals surface area contributed by atoms with Gasteiger partial charge in [-0.05, 0) is 41.4 Å². The van der Waals surface area contributed by atoms with E-state index in [0.29, 0.717) is 39.6 Å². The Labute approximate surface area is 297 Å². The van der Waals surface area contributed by atoms with Gasteiger partial charge in [-0.25, -0.2) is 15.0 Å². The van der Waals surface area contributed by atoms with Gasteiger partial charge < -0.3 is 8.98 Å². The number of para-hydroxylation sites is 2. The second-order valence-corrected chi connectivity index (χ2v) is 11.9. The molecule has 0 saturated heterocycles. The van der Waals surface area contributed by atoms with E-state index >= 15 is 0 Å². The van der Waals surface area contributed by atoms with E-state index in [1.807, 2.05) is 115 Å². The molecule has 7 aromatic carbocycles. The lowest BCUT2D eigenvalue weighted by molar-refractivity contribution is 0.668. The number of hydrogen-bond acceptors (Lipinski definition) is 4. The van der Waals surface area contributed by atoms with E-state index in [1.165, 1.54) is 0 Å². The first kappa shape index (κ1) is 21.9. The third-order valence-corrected chi connectivity index (χ3v) is 8.92. The maximum atomic E-state index is 9.85. The molecule has 5 heteroatoms. The minimum absolute atomic E-state index is 0.000450. The van der Waals surface area contributed by atoms with E-state index in [1.54, 1.807) is 16.7 Å². The number of aromatic nitrogens is 4. The van der Waals surface area contributed by atoms with Crippen molar-refractivity contribution in [2.24, 2.45) is 0 Å². The van der Waals surface area contributed by atoms with Crippen molar-refractivity contribution in [2.45, 2.75) is 0 Å². The SMILES string of the molecule is [2H]c1c([2H])c([2H])c2c(c1[2H])c1c([2H])c([2H])c(-c3nc(-c4ccccc4)nc(-c4ccc(-c5ccccc5)cc4)n3)c([2H])c1n2-c1ccc2c(c1)oc1ccccc12. The van der Waals surface area contributed by atoms with Crippen LogP contribution in [0.5, 0.6) is 0 Å². The van der Waals surface area contributed by atoms with E-state index in [4.69, 9.17) is 24.9 Å². The number of fused-ring (bicyclic) bond motifs is 6. The van der Waals surface area contributed by atoms with Crippen LogP contribution in [0.25, 0.3) is 94.7 Å². The standard InChI is InChI=1S/C45H28N4O/c1-3-11-29(12-4-1)30-19-21-32(22-20-30)44-46-43(31-13-5-2-6-14-31)47-45(48-44)33-23-25-36-35-15-7-9-17-39(35)49(40(36)27-33)34-24-26-38-37-16-8-10-18-41(37)50-42(38)28-34/h1-28H/i7D,9D,15D,17D,23D,25D,27D. The molecular weight excluding hydrogens is 613 g/mol. The highest BCUT2D eigenvalue weighted by Crippen LogP contribution is 2.37. The average Bonchev–Trinajstić information content (AvgIpc) is 3.81. The molecule has 0 unspecified atom stereocenters. The van der Waals surface area contributed by atoms with Crippen LogP contribution in [0.2, 0.25) is 0 Å². The van der Waals surface area contributed by atoms with Gasteiger partial charge in [-0.15, -0.1) is 0 Å². The molecule has 5 nitrogen and oxygen atoms in total. The van der Waals surface area contributed by atoms with Gasteiger partial charge in [0.15, 0.2) is 17.5 Å². The topological polar surface area (TPSA) is 56.7 Å². The summed E-state index contributed by atoms with van der Waals surface area (Å²) in [6.45, 7) is 0. The van der Waals surface area contributed by atoms with Gasteiger partial charge in [0.2, 0.25) is 0 Å². The molecule has 3 aromatic heterocycles. The predicted molar refractivity (Wildman–Crippen MR) is 203 cm³/mol. The van der Waals surface area contributed by atoms with Gasteiger partial charge in [-0.1, -0.05) is 133 Å². The average molecular weight is 648 g/mol. The maximum Gasteiger partial charge on any atom is 0.164 e. The van der Waals surface area contributed by atoms with Crippen LogP contribution in [0, 0.1) is 0 Å². The molecule has 0 saturated carbocycles. The van der Waals surface area contributed by atoms with Crippen LogP contribution in [0.1, 0.15) is 9.60 Å². The fourth-order valence-electron chi connectivity index (χ4n) is 6.51. The highest BCUT2D eigenvalue weighted by Gasteiger charge is 2.18. The third kappa shape index (κ3) is 4.67. The minimum atomic E-state index is -0.478. The third-order valence-electron chi connectivity index (χ3n) is 8.92. The van der Waals surface area contributed by atoms with Gasteiger partial charge in [0, 0.05) is 50.0 Å². The van der Waals surface area contributed by atoms with E-state index in [0.717, 1.165) is 21.9 Å². The first-order chi connectivity index (χ1) is 27.7. The van der Waals surface area contributed by atoms with Crippen molar-refractivity contribution in [3.63, 3.8) is 0 Å². The monoisotopic (exact) mass is 647 g/mol. The molecule has 0 radical (unpaired) electrons. The molecule has 0 aliphatic rings. The summed E-state index contributed by atoms with van der Waals surface area (Å²) in [6.07, 6.45) is 0. The Bertz CT molecular complexity index is 3260. The normalized spacial score (nSPS) is 13.6. The lowest BCUT2D eigenvalue weighted by Crippen LogP contribution is -2.00. The second-order valence-electron chi connectivity index (χ2n) is 11.9.